The van der Waals surface area contributed by atoms with E-state index in [-0.39, 0.29) is 0 Å². The van der Waals surface area contributed by atoms with Crippen molar-refractivity contribution in [3.8, 4) is 0 Å². The van der Waals surface area contributed by atoms with Crippen molar-refractivity contribution in [2.75, 3.05) is 0 Å². The Balaban J connectivity index is 1.44. The molecule has 0 amide bonds. The van der Waals surface area contributed by atoms with E-state index < -0.39 is 0 Å². The molecular weight excluding hydrogens is 280 g/mol. The lowest BCUT2D eigenvalue weighted by atomic mass is 10.2. The number of aromatic nitrogens is 1. The van der Waals surface area contributed by atoms with E-state index in [0.717, 1.165) is 33.8 Å². The normalized spacial score (nSPS) is 11.4. The molecule has 0 aliphatic heterocycles. The topological polar surface area (TPSA) is 38.1 Å². The van der Waals surface area contributed by atoms with Crippen molar-refractivity contribution in [3.63, 3.8) is 0 Å². The first-order valence-electron chi connectivity index (χ1n) is 6.91. The zero-order valence-corrected chi connectivity index (χ0v) is 12.2. The van der Waals surface area contributed by atoms with Crippen LogP contribution in [0.1, 0.15) is 10.8 Å². The van der Waals surface area contributed by atoms with E-state index in [1.807, 2.05) is 30.3 Å². The van der Waals surface area contributed by atoms with Crippen molar-refractivity contribution < 1.29 is 4.42 Å². The Morgan fingerprint density at radius 3 is 2.76 bits per heavy atom. The van der Waals surface area contributed by atoms with Crippen LogP contribution >= 0.6 is 11.3 Å². The van der Waals surface area contributed by atoms with Gasteiger partial charge in [-0.1, -0.05) is 30.3 Å². The maximum Gasteiger partial charge on any atom is 0.134 e. The van der Waals surface area contributed by atoms with Gasteiger partial charge in [0.1, 0.15) is 16.4 Å². The lowest BCUT2D eigenvalue weighted by Crippen LogP contribution is -2.11. The number of nitrogens with one attached hydrogen (secondary N) is 1. The summed E-state index contributed by atoms with van der Waals surface area (Å²) in [5.41, 5.74) is 2.01. The van der Waals surface area contributed by atoms with Gasteiger partial charge in [0.2, 0.25) is 0 Å². The van der Waals surface area contributed by atoms with Crippen LogP contribution in [0, 0.1) is 0 Å². The zero-order valence-electron chi connectivity index (χ0n) is 11.4. The quantitative estimate of drug-likeness (QED) is 0.608. The van der Waals surface area contributed by atoms with E-state index in [1.54, 1.807) is 11.3 Å². The molecule has 21 heavy (non-hydrogen) atoms. The average Bonchev–Trinajstić information content (AvgIpc) is 3.09. The van der Waals surface area contributed by atoms with Gasteiger partial charge in [-0.2, -0.15) is 0 Å². The van der Waals surface area contributed by atoms with Crippen LogP contribution in [0.2, 0.25) is 0 Å². The first kappa shape index (κ1) is 12.6. The average molecular weight is 294 g/mol. The molecule has 4 heteroatoms. The highest BCUT2D eigenvalue weighted by Crippen LogP contribution is 2.22. The summed E-state index contributed by atoms with van der Waals surface area (Å²) in [7, 11) is 0. The maximum atomic E-state index is 5.79. The molecule has 4 rings (SSSR count). The first-order chi connectivity index (χ1) is 10.4. The summed E-state index contributed by atoms with van der Waals surface area (Å²) >= 11 is 1.73. The molecule has 2 heterocycles. The van der Waals surface area contributed by atoms with Crippen LogP contribution in [-0.4, -0.2) is 4.98 Å². The maximum absolute atomic E-state index is 5.79. The predicted molar refractivity (Wildman–Crippen MR) is 86.4 cm³/mol. The van der Waals surface area contributed by atoms with Gasteiger partial charge in [-0.15, -0.1) is 11.3 Å². The fraction of sp³-hybridized carbons (Fsp3) is 0.118. The Morgan fingerprint density at radius 2 is 1.86 bits per heavy atom. The molecule has 2 aromatic heterocycles. The SMILES string of the molecule is c1ccc2oc(CNCc3nc4ccccc4s3)cc2c1. The summed E-state index contributed by atoms with van der Waals surface area (Å²) in [5, 5.41) is 5.65. The number of hydrogen-bond donors (Lipinski definition) is 1. The zero-order chi connectivity index (χ0) is 14.1. The first-order valence-corrected chi connectivity index (χ1v) is 7.73. The number of thiazole rings is 1. The minimum absolute atomic E-state index is 0.713. The molecule has 1 N–H and O–H groups in total. The second-order valence-corrected chi connectivity index (χ2v) is 6.04. The summed E-state index contributed by atoms with van der Waals surface area (Å²) in [4.78, 5) is 4.61. The predicted octanol–water partition coefficient (Wildman–Crippen LogP) is 4.33. The molecule has 0 aliphatic rings. The molecule has 0 aliphatic carbocycles. The number of nitrogens with zero attached hydrogens (tertiary/aromatic N) is 1. The van der Waals surface area contributed by atoms with Crippen LogP contribution in [0.4, 0.5) is 0 Å². The van der Waals surface area contributed by atoms with Crippen LogP contribution < -0.4 is 5.32 Å². The molecular formula is C17H14N2OS. The second-order valence-electron chi connectivity index (χ2n) is 4.93. The van der Waals surface area contributed by atoms with Crippen molar-refractivity contribution in [1.82, 2.24) is 10.3 Å². The molecule has 0 spiro atoms. The molecule has 0 saturated heterocycles. The van der Waals surface area contributed by atoms with Crippen LogP contribution in [0.15, 0.2) is 59.0 Å². The molecule has 0 saturated carbocycles. The van der Waals surface area contributed by atoms with Crippen molar-refractivity contribution in [1.29, 1.82) is 0 Å². The Hall–Kier alpha value is -2.17. The summed E-state index contributed by atoms with van der Waals surface area (Å²) < 4.78 is 7.02. The molecule has 0 unspecified atom stereocenters. The highest BCUT2D eigenvalue weighted by molar-refractivity contribution is 7.18. The van der Waals surface area contributed by atoms with Crippen molar-refractivity contribution in [2.45, 2.75) is 13.1 Å². The molecule has 3 nitrogen and oxygen atoms in total. The lowest BCUT2D eigenvalue weighted by Gasteiger charge is -1.98. The lowest BCUT2D eigenvalue weighted by molar-refractivity contribution is 0.513. The summed E-state index contributed by atoms with van der Waals surface area (Å²) in [6, 6.07) is 18.4. The molecule has 0 radical (unpaired) electrons. The number of para-hydroxylation sites is 2. The van der Waals surface area contributed by atoms with Crippen LogP contribution in [-0.2, 0) is 13.1 Å². The number of fused-ring (bicyclic) bond motifs is 2. The largest absolute Gasteiger partial charge is 0.460 e. The Labute approximate surface area is 126 Å². The Kier molecular flexibility index (Phi) is 3.18. The van der Waals surface area contributed by atoms with Crippen molar-refractivity contribution >= 4 is 32.5 Å². The standard InChI is InChI=1S/C17H14N2OS/c1-3-7-15-12(5-1)9-13(20-15)10-18-11-17-19-14-6-2-4-8-16(14)21-17/h1-9,18H,10-11H2. The minimum Gasteiger partial charge on any atom is -0.460 e. The highest BCUT2D eigenvalue weighted by Gasteiger charge is 2.05. The van der Waals surface area contributed by atoms with Gasteiger partial charge in [0.15, 0.2) is 0 Å². The fourth-order valence-electron chi connectivity index (χ4n) is 2.41. The summed E-state index contributed by atoms with van der Waals surface area (Å²) in [6.07, 6.45) is 0. The fourth-order valence-corrected chi connectivity index (χ4v) is 3.35. The third kappa shape index (κ3) is 2.55. The van der Waals surface area contributed by atoms with Crippen LogP contribution in [0.3, 0.4) is 0 Å². The van der Waals surface area contributed by atoms with E-state index in [4.69, 9.17) is 4.42 Å². The highest BCUT2D eigenvalue weighted by atomic mass is 32.1. The van der Waals surface area contributed by atoms with E-state index in [1.165, 1.54) is 4.70 Å². The molecule has 2 aromatic carbocycles. The third-order valence-corrected chi connectivity index (χ3v) is 4.43. The van der Waals surface area contributed by atoms with Crippen LogP contribution in [0.5, 0.6) is 0 Å². The molecule has 4 aromatic rings. The van der Waals surface area contributed by atoms with Gasteiger partial charge in [0, 0.05) is 11.9 Å². The van der Waals surface area contributed by atoms with Gasteiger partial charge >= 0.3 is 0 Å². The van der Waals surface area contributed by atoms with E-state index in [9.17, 15) is 0 Å². The van der Waals surface area contributed by atoms with Crippen molar-refractivity contribution in [3.05, 3.63) is 65.4 Å². The van der Waals surface area contributed by atoms with Gasteiger partial charge in [-0.25, -0.2) is 4.98 Å². The molecule has 0 bridgehead atoms. The van der Waals surface area contributed by atoms with E-state index in [0.29, 0.717) is 6.54 Å². The van der Waals surface area contributed by atoms with Gasteiger partial charge in [-0.05, 0) is 24.3 Å². The van der Waals surface area contributed by atoms with Gasteiger partial charge in [-0.3, -0.25) is 0 Å². The van der Waals surface area contributed by atoms with Crippen molar-refractivity contribution in [2.24, 2.45) is 0 Å². The van der Waals surface area contributed by atoms with E-state index in [2.05, 4.69) is 34.6 Å². The van der Waals surface area contributed by atoms with Crippen LogP contribution in [0.25, 0.3) is 21.2 Å². The minimum atomic E-state index is 0.713. The van der Waals surface area contributed by atoms with E-state index >= 15 is 0 Å². The summed E-state index contributed by atoms with van der Waals surface area (Å²) in [5.74, 6) is 0.956. The Morgan fingerprint density at radius 1 is 1.00 bits per heavy atom. The summed E-state index contributed by atoms with van der Waals surface area (Å²) in [6.45, 7) is 1.47. The number of rotatable bonds is 4. The molecule has 0 atom stereocenters. The third-order valence-electron chi connectivity index (χ3n) is 3.39. The number of benzene rings is 2. The second kappa shape index (κ2) is 5.31. The number of furan rings is 1. The molecule has 0 fully saturated rings. The molecule has 104 valence electrons. The number of hydrogen-bond acceptors (Lipinski definition) is 4. The Bertz CT molecular complexity index is 754. The monoisotopic (exact) mass is 294 g/mol. The van der Waals surface area contributed by atoms with Gasteiger partial charge in [0.05, 0.1) is 16.8 Å². The van der Waals surface area contributed by atoms with Gasteiger partial charge in [0.25, 0.3) is 0 Å². The smallest absolute Gasteiger partial charge is 0.134 e. The van der Waals surface area contributed by atoms with Gasteiger partial charge < -0.3 is 9.73 Å².